The first-order valence-corrected chi connectivity index (χ1v) is 6.23. The molecule has 0 spiro atoms. The molecule has 0 bridgehead atoms. The molecule has 16 heavy (non-hydrogen) atoms. The van der Waals surface area contributed by atoms with Crippen LogP contribution < -0.4 is 0 Å². The van der Waals surface area contributed by atoms with E-state index in [2.05, 4.69) is 4.90 Å². The normalized spacial score (nSPS) is 17.5. The van der Waals surface area contributed by atoms with Crippen molar-refractivity contribution in [1.82, 2.24) is 9.80 Å². The summed E-state index contributed by atoms with van der Waals surface area (Å²) in [6.45, 7) is 7.81. The van der Waals surface area contributed by atoms with Crippen molar-refractivity contribution in [2.45, 2.75) is 39.2 Å². The molecule has 1 aliphatic rings. The minimum absolute atomic E-state index is 0.0371. The minimum Gasteiger partial charge on any atom is -0.447 e. The van der Waals surface area contributed by atoms with E-state index < -0.39 is 0 Å². The Morgan fingerprint density at radius 3 is 2.50 bits per heavy atom. The van der Waals surface area contributed by atoms with Crippen molar-refractivity contribution in [1.29, 1.82) is 0 Å². The van der Waals surface area contributed by atoms with Gasteiger partial charge < -0.3 is 14.5 Å². The van der Waals surface area contributed by atoms with Gasteiger partial charge in [0, 0.05) is 20.1 Å². The first-order valence-electron chi connectivity index (χ1n) is 6.23. The summed E-state index contributed by atoms with van der Waals surface area (Å²) in [6, 6.07) is 0. The number of nitrogens with zero attached hydrogens (tertiary/aromatic N) is 2. The quantitative estimate of drug-likeness (QED) is 0.737. The lowest BCUT2D eigenvalue weighted by molar-refractivity contribution is 0.0798. The first kappa shape index (κ1) is 13.3. The van der Waals surface area contributed by atoms with Gasteiger partial charge in [-0.3, -0.25) is 0 Å². The summed E-state index contributed by atoms with van der Waals surface area (Å²) in [5.41, 5.74) is 0. The van der Waals surface area contributed by atoms with Crippen molar-refractivity contribution in [3.8, 4) is 0 Å². The third-order valence-electron chi connectivity index (χ3n) is 2.85. The molecule has 0 aliphatic carbocycles. The number of rotatable bonds is 4. The van der Waals surface area contributed by atoms with Gasteiger partial charge in [-0.25, -0.2) is 4.79 Å². The molecule has 0 aromatic rings. The smallest absolute Gasteiger partial charge is 0.409 e. The maximum atomic E-state index is 11.5. The molecule has 0 atom stereocenters. The third-order valence-corrected chi connectivity index (χ3v) is 2.85. The highest BCUT2D eigenvalue weighted by atomic mass is 16.6. The molecular formula is C12H24N2O2. The van der Waals surface area contributed by atoms with E-state index in [-0.39, 0.29) is 12.2 Å². The predicted octanol–water partition coefficient (Wildman–Crippen LogP) is 1.95. The number of hydrogen-bond donors (Lipinski definition) is 0. The molecule has 1 fully saturated rings. The molecule has 4 heteroatoms. The molecule has 94 valence electrons. The highest BCUT2D eigenvalue weighted by molar-refractivity contribution is 5.67. The van der Waals surface area contributed by atoms with Gasteiger partial charge in [-0.1, -0.05) is 6.42 Å². The number of likely N-dealkylation sites (tertiary alicyclic amines) is 1. The second-order valence-electron chi connectivity index (χ2n) is 4.76. The van der Waals surface area contributed by atoms with Gasteiger partial charge >= 0.3 is 6.09 Å². The second-order valence-corrected chi connectivity index (χ2v) is 4.76. The van der Waals surface area contributed by atoms with Crippen LogP contribution in [0.3, 0.4) is 0 Å². The van der Waals surface area contributed by atoms with Crippen molar-refractivity contribution < 1.29 is 9.53 Å². The van der Waals surface area contributed by atoms with E-state index in [0.29, 0.717) is 0 Å². The van der Waals surface area contributed by atoms with Gasteiger partial charge in [-0.05, 0) is 39.8 Å². The van der Waals surface area contributed by atoms with Crippen LogP contribution in [-0.4, -0.2) is 55.2 Å². The van der Waals surface area contributed by atoms with E-state index in [9.17, 15) is 4.79 Å². The summed E-state index contributed by atoms with van der Waals surface area (Å²) in [6.07, 6.45) is 3.68. The van der Waals surface area contributed by atoms with E-state index in [1.165, 1.54) is 32.4 Å². The lowest BCUT2D eigenvalue weighted by Crippen LogP contribution is -2.39. The highest BCUT2D eigenvalue weighted by Gasteiger charge is 2.14. The van der Waals surface area contributed by atoms with Crippen molar-refractivity contribution in [2.24, 2.45) is 0 Å². The summed E-state index contributed by atoms with van der Waals surface area (Å²) in [5.74, 6) is 0. The van der Waals surface area contributed by atoms with Gasteiger partial charge in [0.2, 0.25) is 0 Å². The summed E-state index contributed by atoms with van der Waals surface area (Å²) >= 11 is 0. The topological polar surface area (TPSA) is 32.8 Å². The first-order chi connectivity index (χ1) is 7.59. The Balaban J connectivity index is 2.17. The van der Waals surface area contributed by atoms with Crippen molar-refractivity contribution in [3.63, 3.8) is 0 Å². The number of amides is 1. The molecule has 0 saturated carbocycles. The number of carbonyl (C=O) groups is 1. The number of likely N-dealkylation sites (N-methyl/N-ethyl adjacent to an activating group) is 1. The predicted molar refractivity (Wildman–Crippen MR) is 64.5 cm³/mol. The van der Waals surface area contributed by atoms with Gasteiger partial charge in [0.1, 0.15) is 0 Å². The molecule has 4 nitrogen and oxygen atoms in total. The van der Waals surface area contributed by atoms with Crippen LogP contribution in [0.5, 0.6) is 0 Å². The Hall–Kier alpha value is -0.770. The van der Waals surface area contributed by atoms with Crippen LogP contribution in [0, 0.1) is 0 Å². The number of hydrogen-bond acceptors (Lipinski definition) is 3. The van der Waals surface area contributed by atoms with Crippen molar-refractivity contribution >= 4 is 6.09 Å². The van der Waals surface area contributed by atoms with Gasteiger partial charge in [0.25, 0.3) is 0 Å². The Morgan fingerprint density at radius 1 is 1.31 bits per heavy atom. The van der Waals surface area contributed by atoms with Crippen LogP contribution in [0.15, 0.2) is 0 Å². The summed E-state index contributed by atoms with van der Waals surface area (Å²) < 4.78 is 5.12. The van der Waals surface area contributed by atoms with Crippen LogP contribution >= 0.6 is 0 Å². The van der Waals surface area contributed by atoms with Crippen molar-refractivity contribution in [3.05, 3.63) is 0 Å². The molecule has 0 radical (unpaired) electrons. The molecule has 1 amide bonds. The van der Waals surface area contributed by atoms with Crippen molar-refractivity contribution in [2.75, 3.05) is 33.2 Å². The molecule has 1 rings (SSSR count). The van der Waals surface area contributed by atoms with E-state index in [0.717, 1.165) is 13.1 Å². The Morgan fingerprint density at radius 2 is 1.94 bits per heavy atom. The maximum Gasteiger partial charge on any atom is 0.409 e. The zero-order valence-corrected chi connectivity index (χ0v) is 10.7. The van der Waals surface area contributed by atoms with Crippen LogP contribution in [-0.2, 0) is 4.74 Å². The fourth-order valence-corrected chi connectivity index (χ4v) is 1.86. The molecule has 0 aromatic heterocycles. The average molecular weight is 228 g/mol. The average Bonchev–Trinajstić information content (AvgIpc) is 2.26. The van der Waals surface area contributed by atoms with Gasteiger partial charge in [0.15, 0.2) is 0 Å². The van der Waals surface area contributed by atoms with E-state index in [4.69, 9.17) is 4.74 Å². The monoisotopic (exact) mass is 228 g/mol. The lowest BCUT2D eigenvalue weighted by atomic mass is 10.1. The molecule has 0 N–H and O–H groups in total. The zero-order valence-electron chi connectivity index (χ0n) is 10.7. The van der Waals surface area contributed by atoms with E-state index >= 15 is 0 Å². The molecule has 0 aromatic carbocycles. The Kier molecular flexibility index (Phi) is 5.60. The minimum atomic E-state index is -0.216. The molecule has 1 heterocycles. The van der Waals surface area contributed by atoms with Crippen LogP contribution in [0.25, 0.3) is 0 Å². The fourth-order valence-electron chi connectivity index (χ4n) is 1.86. The van der Waals surface area contributed by atoms with E-state index in [1.54, 1.807) is 11.9 Å². The van der Waals surface area contributed by atoms with Crippen LogP contribution in [0.1, 0.15) is 33.1 Å². The molecule has 1 aliphatic heterocycles. The molecular weight excluding hydrogens is 204 g/mol. The maximum absolute atomic E-state index is 11.5. The highest BCUT2D eigenvalue weighted by Crippen LogP contribution is 2.08. The summed E-state index contributed by atoms with van der Waals surface area (Å²) in [4.78, 5) is 15.6. The number of carbonyl (C=O) groups excluding carboxylic acids is 1. The lowest BCUT2D eigenvalue weighted by Gasteiger charge is -2.28. The largest absolute Gasteiger partial charge is 0.447 e. The number of piperidine rings is 1. The van der Waals surface area contributed by atoms with Gasteiger partial charge in [-0.2, -0.15) is 0 Å². The molecule has 1 saturated heterocycles. The molecule has 0 unspecified atom stereocenters. The standard InChI is InChI=1S/C12H24N2O2/c1-11(2)16-12(15)13(3)9-10-14-7-5-4-6-8-14/h11H,4-10H2,1-3H3. The van der Waals surface area contributed by atoms with Crippen LogP contribution in [0.2, 0.25) is 0 Å². The van der Waals surface area contributed by atoms with Gasteiger partial charge in [0.05, 0.1) is 6.10 Å². The van der Waals surface area contributed by atoms with Crippen LogP contribution in [0.4, 0.5) is 4.79 Å². The summed E-state index contributed by atoms with van der Waals surface area (Å²) in [5, 5.41) is 0. The SMILES string of the molecule is CC(C)OC(=O)N(C)CCN1CCCCC1. The fraction of sp³-hybridized carbons (Fsp3) is 0.917. The number of ether oxygens (including phenoxy) is 1. The zero-order chi connectivity index (χ0) is 12.0. The third kappa shape index (κ3) is 4.84. The van der Waals surface area contributed by atoms with E-state index in [1.807, 2.05) is 13.8 Å². The summed E-state index contributed by atoms with van der Waals surface area (Å²) in [7, 11) is 1.80. The Labute approximate surface area is 98.5 Å². The Bertz CT molecular complexity index is 213. The second kappa shape index (κ2) is 6.74. The van der Waals surface area contributed by atoms with Gasteiger partial charge in [-0.15, -0.1) is 0 Å².